The Hall–Kier alpha value is -1.05. The number of aryl methyl sites for hydroxylation is 1. The number of aromatic nitrogens is 1. The molecule has 1 N–H and O–H groups in total. The van der Waals surface area contributed by atoms with Gasteiger partial charge in [0, 0.05) is 12.2 Å². The monoisotopic (exact) mass is 218 g/mol. The molecule has 1 aliphatic rings. The second-order valence-corrected chi connectivity index (χ2v) is 5.24. The molecule has 1 aromatic heterocycles. The molecule has 0 spiro atoms. The number of anilines is 1. The maximum absolute atomic E-state index is 4.38. The van der Waals surface area contributed by atoms with Gasteiger partial charge in [-0.2, -0.15) is 0 Å². The van der Waals surface area contributed by atoms with Crippen LogP contribution in [0.3, 0.4) is 0 Å². The number of hydrogen-bond donors (Lipinski definition) is 1. The largest absolute Gasteiger partial charge is 0.367 e. The number of nitrogens with zero attached hydrogens (tertiary/aromatic N) is 1. The minimum atomic E-state index is 0.595. The molecule has 16 heavy (non-hydrogen) atoms. The lowest BCUT2D eigenvalue weighted by molar-refractivity contribution is 0.253. The molecular formula is C14H22N2. The zero-order chi connectivity index (χ0) is 11.5. The van der Waals surface area contributed by atoms with Crippen molar-refractivity contribution in [2.75, 3.05) is 5.32 Å². The van der Waals surface area contributed by atoms with Gasteiger partial charge >= 0.3 is 0 Å². The van der Waals surface area contributed by atoms with Crippen molar-refractivity contribution in [2.45, 2.75) is 46.1 Å². The van der Waals surface area contributed by atoms with Gasteiger partial charge in [-0.25, -0.2) is 4.98 Å². The first-order chi connectivity index (χ1) is 7.66. The third-order valence-corrected chi connectivity index (χ3v) is 3.96. The van der Waals surface area contributed by atoms with Gasteiger partial charge in [0.05, 0.1) is 0 Å². The van der Waals surface area contributed by atoms with Crippen LogP contribution in [-0.4, -0.2) is 11.0 Å². The van der Waals surface area contributed by atoms with Crippen molar-refractivity contribution in [2.24, 2.45) is 11.8 Å². The molecule has 0 saturated heterocycles. The molecule has 2 rings (SSSR count). The van der Waals surface area contributed by atoms with E-state index < -0.39 is 0 Å². The standard InChI is InChI=1S/C14H22N2/c1-10-7-8-15-14(9-10)16-13-6-4-5-11(2)12(13)3/h7-9,11-13H,4-6H2,1-3H3,(H,15,16)/t11-,12-,13+/m0/s1. The van der Waals surface area contributed by atoms with Crippen LogP contribution in [0.25, 0.3) is 0 Å². The van der Waals surface area contributed by atoms with Gasteiger partial charge in [-0.1, -0.05) is 26.7 Å². The minimum Gasteiger partial charge on any atom is -0.367 e. The van der Waals surface area contributed by atoms with Gasteiger partial charge in [-0.05, 0) is 42.9 Å². The lowest BCUT2D eigenvalue weighted by atomic mass is 9.78. The van der Waals surface area contributed by atoms with E-state index in [1.54, 1.807) is 0 Å². The molecule has 0 radical (unpaired) electrons. The van der Waals surface area contributed by atoms with E-state index in [1.165, 1.54) is 24.8 Å². The van der Waals surface area contributed by atoms with Gasteiger partial charge in [0.2, 0.25) is 0 Å². The van der Waals surface area contributed by atoms with Gasteiger partial charge in [0.25, 0.3) is 0 Å². The highest BCUT2D eigenvalue weighted by atomic mass is 15.0. The van der Waals surface area contributed by atoms with Crippen LogP contribution >= 0.6 is 0 Å². The molecule has 1 heterocycles. The first kappa shape index (κ1) is 11.4. The summed E-state index contributed by atoms with van der Waals surface area (Å²) < 4.78 is 0. The summed E-state index contributed by atoms with van der Waals surface area (Å²) in [6, 6.07) is 4.77. The molecule has 0 aromatic carbocycles. The van der Waals surface area contributed by atoms with E-state index in [-0.39, 0.29) is 0 Å². The van der Waals surface area contributed by atoms with E-state index in [1.807, 2.05) is 12.3 Å². The SMILES string of the molecule is Cc1ccnc(N[C@@H]2CCC[C@H](C)[C@@H]2C)c1. The summed E-state index contributed by atoms with van der Waals surface area (Å²) in [6.45, 7) is 6.83. The van der Waals surface area contributed by atoms with Gasteiger partial charge in [-0.3, -0.25) is 0 Å². The summed E-state index contributed by atoms with van der Waals surface area (Å²) in [6.07, 6.45) is 5.88. The molecule has 0 amide bonds. The Labute approximate surface area is 98.5 Å². The van der Waals surface area contributed by atoms with E-state index in [0.717, 1.165) is 17.7 Å². The summed E-state index contributed by atoms with van der Waals surface area (Å²) in [7, 11) is 0. The second kappa shape index (κ2) is 4.86. The molecule has 2 heteroatoms. The predicted molar refractivity (Wildman–Crippen MR) is 68.6 cm³/mol. The Morgan fingerprint density at radius 3 is 2.88 bits per heavy atom. The number of nitrogens with one attached hydrogen (secondary N) is 1. The molecule has 3 atom stereocenters. The summed E-state index contributed by atoms with van der Waals surface area (Å²) in [5.41, 5.74) is 1.27. The summed E-state index contributed by atoms with van der Waals surface area (Å²) in [4.78, 5) is 4.38. The molecule has 0 bridgehead atoms. The number of rotatable bonds is 2. The van der Waals surface area contributed by atoms with E-state index in [4.69, 9.17) is 0 Å². The maximum Gasteiger partial charge on any atom is 0.126 e. The summed E-state index contributed by atoms with van der Waals surface area (Å²) in [5.74, 6) is 2.61. The molecule has 1 fully saturated rings. The van der Waals surface area contributed by atoms with E-state index in [0.29, 0.717) is 6.04 Å². The highest BCUT2D eigenvalue weighted by Crippen LogP contribution is 2.31. The molecule has 1 saturated carbocycles. The highest BCUT2D eigenvalue weighted by Gasteiger charge is 2.26. The Kier molecular flexibility index (Phi) is 3.47. The Bertz CT molecular complexity index is 348. The lowest BCUT2D eigenvalue weighted by Gasteiger charge is -2.34. The smallest absolute Gasteiger partial charge is 0.126 e. The van der Waals surface area contributed by atoms with Crippen molar-refractivity contribution in [3.05, 3.63) is 23.9 Å². The van der Waals surface area contributed by atoms with E-state index in [9.17, 15) is 0 Å². The molecule has 2 nitrogen and oxygen atoms in total. The van der Waals surface area contributed by atoms with Crippen molar-refractivity contribution in [1.82, 2.24) is 4.98 Å². The van der Waals surface area contributed by atoms with Crippen LogP contribution in [-0.2, 0) is 0 Å². The molecular weight excluding hydrogens is 196 g/mol. The van der Waals surface area contributed by atoms with Gasteiger partial charge in [0.15, 0.2) is 0 Å². The lowest BCUT2D eigenvalue weighted by Crippen LogP contribution is -2.35. The second-order valence-electron chi connectivity index (χ2n) is 5.24. The average Bonchev–Trinajstić information content (AvgIpc) is 2.25. The summed E-state index contributed by atoms with van der Waals surface area (Å²) >= 11 is 0. The van der Waals surface area contributed by atoms with Crippen LogP contribution in [0, 0.1) is 18.8 Å². The molecule has 0 aliphatic heterocycles. The van der Waals surface area contributed by atoms with Crippen molar-refractivity contribution in [3.63, 3.8) is 0 Å². The first-order valence-electron chi connectivity index (χ1n) is 6.36. The third kappa shape index (κ3) is 2.55. The van der Waals surface area contributed by atoms with Gasteiger partial charge in [-0.15, -0.1) is 0 Å². The van der Waals surface area contributed by atoms with Crippen LogP contribution < -0.4 is 5.32 Å². The van der Waals surface area contributed by atoms with E-state index in [2.05, 4.69) is 37.1 Å². The quantitative estimate of drug-likeness (QED) is 0.820. The van der Waals surface area contributed by atoms with E-state index >= 15 is 0 Å². The molecule has 88 valence electrons. The Morgan fingerprint density at radius 2 is 2.12 bits per heavy atom. The Morgan fingerprint density at radius 1 is 1.31 bits per heavy atom. The van der Waals surface area contributed by atoms with Crippen LogP contribution in [0.2, 0.25) is 0 Å². The van der Waals surface area contributed by atoms with Crippen LogP contribution in [0.4, 0.5) is 5.82 Å². The molecule has 0 unspecified atom stereocenters. The zero-order valence-corrected chi connectivity index (χ0v) is 10.5. The molecule has 1 aromatic rings. The molecule has 1 aliphatic carbocycles. The minimum absolute atomic E-state index is 0.595. The topological polar surface area (TPSA) is 24.9 Å². The normalized spacial score (nSPS) is 30.1. The van der Waals surface area contributed by atoms with Crippen molar-refractivity contribution < 1.29 is 0 Å². The van der Waals surface area contributed by atoms with Crippen LogP contribution in [0.5, 0.6) is 0 Å². The zero-order valence-electron chi connectivity index (χ0n) is 10.5. The van der Waals surface area contributed by atoms with Crippen molar-refractivity contribution in [1.29, 1.82) is 0 Å². The fourth-order valence-electron chi connectivity index (χ4n) is 2.59. The highest BCUT2D eigenvalue weighted by molar-refractivity contribution is 5.38. The summed E-state index contributed by atoms with van der Waals surface area (Å²) in [5, 5.41) is 3.59. The first-order valence-corrected chi connectivity index (χ1v) is 6.36. The van der Waals surface area contributed by atoms with Crippen molar-refractivity contribution in [3.8, 4) is 0 Å². The average molecular weight is 218 g/mol. The number of pyridine rings is 1. The third-order valence-electron chi connectivity index (χ3n) is 3.96. The van der Waals surface area contributed by atoms with Crippen molar-refractivity contribution >= 4 is 5.82 Å². The fraction of sp³-hybridized carbons (Fsp3) is 0.643. The van der Waals surface area contributed by atoms with Crippen LogP contribution in [0.1, 0.15) is 38.7 Å². The predicted octanol–water partition coefficient (Wildman–Crippen LogP) is 3.63. The van der Waals surface area contributed by atoms with Crippen LogP contribution in [0.15, 0.2) is 18.3 Å². The Balaban J connectivity index is 2.03. The fourth-order valence-corrected chi connectivity index (χ4v) is 2.59. The van der Waals surface area contributed by atoms with Gasteiger partial charge in [0.1, 0.15) is 5.82 Å². The maximum atomic E-state index is 4.38. The number of hydrogen-bond acceptors (Lipinski definition) is 2. The van der Waals surface area contributed by atoms with Gasteiger partial charge < -0.3 is 5.32 Å².